The smallest absolute Gasteiger partial charge is 0.260 e. The molecule has 1 unspecified atom stereocenters. The van der Waals surface area contributed by atoms with E-state index in [0.29, 0.717) is 11.3 Å². The molecule has 0 radical (unpaired) electrons. The van der Waals surface area contributed by atoms with Crippen LogP contribution < -0.4 is 5.32 Å². The summed E-state index contributed by atoms with van der Waals surface area (Å²) >= 11 is 2.00. The second-order valence-corrected chi connectivity index (χ2v) is 7.03. The van der Waals surface area contributed by atoms with E-state index >= 15 is 0 Å². The van der Waals surface area contributed by atoms with Gasteiger partial charge in [0.1, 0.15) is 17.0 Å². The van der Waals surface area contributed by atoms with Crippen molar-refractivity contribution in [2.45, 2.75) is 5.75 Å². The third-order valence-electron chi connectivity index (χ3n) is 3.24. The molecule has 0 aliphatic carbocycles. The van der Waals surface area contributed by atoms with Gasteiger partial charge in [0.05, 0.1) is 5.57 Å². The lowest BCUT2D eigenvalue weighted by Crippen LogP contribution is -2.07. The zero-order valence-electron chi connectivity index (χ0n) is 11.3. The van der Waals surface area contributed by atoms with Crippen LogP contribution in [0.3, 0.4) is 0 Å². The van der Waals surface area contributed by atoms with Gasteiger partial charge in [0.2, 0.25) is 0 Å². The Morgan fingerprint density at radius 1 is 1.23 bits per heavy atom. The number of carbonyl (C=O) groups excluding carboxylic acids is 1. The molecule has 1 amide bonds. The largest absolute Gasteiger partial charge is 0.612 e. The van der Waals surface area contributed by atoms with Crippen molar-refractivity contribution in [1.82, 2.24) is 0 Å². The van der Waals surface area contributed by atoms with Crippen LogP contribution in [-0.2, 0) is 21.7 Å². The summed E-state index contributed by atoms with van der Waals surface area (Å²) in [5, 5.41) is 4.19. The number of hydrogen-bond donors (Lipinski definition) is 1. The van der Waals surface area contributed by atoms with Crippen LogP contribution in [0.15, 0.2) is 52.3 Å². The van der Waals surface area contributed by atoms with Gasteiger partial charge in [-0.15, -0.1) is 0 Å². The fraction of sp³-hybridized carbons (Fsp3) is 0.0625. The van der Waals surface area contributed by atoms with Gasteiger partial charge < -0.3 is 9.87 Å². The molecule has 6 heteroatoms. The van der Waals surface area contributed by atoms with Crippen molar-refractivity contribution in [3.8, 4) is 0 Å². The summed E-state index contributed by atoms with van der Waals surface area (Å²) in [6.45, 7) is 0. The fourth-order valence-corrected chi connectivity index (χ4v) is 3.66. The van der Waals surface area contributed by atoms with Gasteiger partial charge in [0.25, 0.3) is 5.91 Å². The molecule has 2 aromatic carbocycles. The Hall–Kier alpha value is -1.63. The predicted octanol–water partition coefficient (Wildman–Crippen LogP) is 3.83. The molecule has 0 fully saturated rings. The lowest BCUT2D eigenvalue weighted by atomic mass is 10.1. The van der Waals surface area contributed by atoms with Crippen molar-refractivity contribution < 1.29 is 13.7 Å². The van der Waals surface area contributed by atoms with E-state index in [-0.39, 0.29) is 17.5 Å². The maximum Gasteiger partial charge on any atom is 0.260 e. The van der Waals surface area contributed by atoms with Crippen LogP contribution >= 0.6 is 15.9 Å². The van der Waals surface area contributed by atoms with Crippen molar-refractivity contribution in [2.24, 2.45) is 0 Å². The first-order valence-electron chi connectivity index (χ1n) is 6.47. The van der Waals surface area contributed by atoms with E-state index in [4.69, 9.17) is 0 Å². The number of nitrogens with one attached hydrogen (secondary N) is 1. The molecule has 3 rings (SSSR count). The van der Waals surface area contributed by atoms with Crippen molar-refractivity contribution in [3.63, 3.8) is 0 Å². The number of rotatable bonds is 3. The maximum atomic E-state index is 12.9. The summed E-state index contributed by atoms with van der Waals surface area (Å²) in [4.78, 5) is 12.0. The van der Waals surface area contributed by atoms with Crippen LogP contribution in [0.1, 0.15) is 11.1 Å². The van der Waals surface area contributed by atoms with E-state index in [0.717, 1.165) is 15.6 Å². The van der Waals surface area contributed by atoms with Gasteiger partial charge >= 0.3 is 0 Å². The Kier molecular flexibility index (Phi) is 4.33. The zero-order chi connectivity index (χ0) is 15.7. The van der Waals surface area contributed by atoms with Crippen LogP contribution in [0.4, 0.5) is 10.1 Å². The van der Waals surface area contributed by atoms with Crippen LogP contribution in [0, 0.1) is 5.82 Å². The molecule has 2 aromatic rings. The van der Waals surface area contributed by atoms with Crippen LogP contribution in [-0.4, -0.2) is 10.5 Å². The topological polar surface area (TPSA) is 52.2 Å². The molecule has 112 valence electrons. The molecule has 1 aliphatic heterocycles. The molecule has 0 aromatic heterocycles. The van der Waals surface area contributed by atoms with Crippen molar-refractivity contribution in [3.05, 3.63) is 69.3 Å². The van der Waals surface area contributed by atoms with Gasteiger partial charge in [-0.1, -0.05) is 28.1 Å². The van der Waals surface area contributed by atoms with Crippen LogP contribution in [0.2, 0.25) is 0 Å². The third kappa shape index (κ3) is 3.24. The average Bonchev–Trinajstić information content (AvgIpc) is 2.77. The number of amides is 1. The van der Waals surface area contributed by atoms with Crippen molar-refractivity contribution in [1.29, 1.82) is 0 Å². The summed E-state index contributed by atoms with van der Waals surface area (Å²) in [5.41, 5.74) is 2.59. The first kappa shape index (κ1) is 15.3. The SMILES string of the molecule is O=C1Nc2ccc(Br)cc2C1=C[S+]([O-])Cc1ccc(F)cc1. The van der Waals surface area contributed by atoms with E-state index in [2.05, 4.69) is 21.2 Å². The van der Waals surface area contributed by atoms with Gasteiger partial charge in [-0.3, -0.25) is 4.79 Å². The maximum absolute atomic E-state index is 12.9. The van der Waals surface area contributed by atoms with Crippen molar-refractivity contribution >= 4 is 44.3 Å². The minimum atomic E-state index is -1.36. The van der Waals surface area contributed by atoms with Crippen LogP contribution in [0.25, 0.3) is 5.57 Å². The molecule has 22 heavy (non-hydrogen) atoms. The Morgan fingerprint density at radius 2 is 1.95 bits per heavy atom. The number of halogens is 2. The molecule has 0 spiro atoms. The highest BCUT2D eigenvalue weighted by molar-refractivity contribution is 9.10. The molecular weight excluding hydrogens is 369 g/mol. The van der Waals surface area contributed by atoms with Gasteiger partial charge in [-0.05, 0) is 41.5 Å². The lowest BCUT2D eigenvalue weighted by molar-refractivity contribution is -0.110. The Labute approximate surface area is 138 Å². The molecule has 0 saturated heterocycles. The summed E-state index contributed by atoms with van der Waals surface area (Å²) in [7, 11) is 0. The highest BCUT2D eigenvalue weighted by Crippen LogP contribution is 2.34. The van der Waals surface area contributed by atoms with E-state index in [1.807, 2.05) is 12.1 Å². The highest BCUT2D eigenvalue weighted by Gasteiger charge is 2.26. The summed E-state index contributed by atoms with van der Waals surface area (Å²) in [5.74, 6) is -0.359. The monoisotopic (exact) mass is 379 g/mol. The molecule has 0 bridgehead atoms. The van der Waals surface area contributed by atoms with E-state index < -0.39 is 11.2 Å². The third-order valence-corrected chi connectivity index (χ3v) is 4.85. The second-order valence-electron chi connectivity index (χ2n) is 4.83. The molecule has 1 aliphatic rings. The lowest BCUT2D eigenvalue weighted by Gasteiger charge is -2.07. The zero-order valence-corrected chi connectivity index (χ0v) is 13.7. The summed E-state index contributed by atoms with van der Waals surface area (Å²) in [6, 6.07) is 11.3. The molecule has 1 heterocycles. The van der Waals surface area contributed by atoms with Gasteiger partial charge in [-0.25, -0.2) is 4.39 Å². The average molecular weight is 380 g/mol. The quantitative estimate of drug-likeness (QED) is 0.650. The Bertz CT molecular complexity index is 761. The van der Waals surface area contributed by atoms with E-state index in [1.165, 1.54) is 17.5 Å². The molecular formula is C16H11BrFNO2S. The van der Waals surface area contributed by atoms with Gasteiger partial charge in [0, 0.05) is 21.3 Å². The number of benzene rings is 2. The number of hydrogen-bond acceptors (Lipinski definition) is 2. The normalized spacial score (nSPS) is 16.5. The molecule has 0 saturated carbocycles. The minimum absolute atomic E-state index is 0.237. The number of fused-ring (bicyclic) bond motifs is 1. The summed E-state index contributed by atoms with van der Waals surface area (Å²) < 4.78 is 25.9. The number of carbonyl (C=O) groups is 1. The standard InChI is InChI=1S/C16H11BrFNO2S/c17-11-3-6-15-13(7-11)14(16(20)19-15)9-22(21)8-10-1-4-12(18)5-2-10/h1-7,9H,8H2,(H,19,20). The van der Waals surface area contributed by atoms with Crippen LogP contribution in [0.5, 0.6) is 0 Å². The first-order chi connectivity index (χ1) is 10.5. The highest BCUT2D eigenvalue weighted by atomic mass is 79.9. The molecule has 1 atom stereocenters. The first-order valence-corrected chi connectivity index (χ1v) is 8.65. The Balaban J connectivity index is 1.84. The second kappa shape index (κ2) is 6.24. The van der Waals surface area contributed by atoms with E-state index in [1.54, 1.807) is 18.2 Å². The van der Waals surface area contributed by atoms with E-state index in [9.17, 15) is 13.7 Å². The molecule has 1 N–H and O–H groups in total. The summed E-state index contributed by atoms with van der Waals surface area (Å²) in [6.07, 6.45) is 0. The fourth-order valence-electron chi connectivity index (χ4n) is 2.20. The predicted molar refractivity (Wildman–Crippen MR) is 89.0 cm³/mol. The number of anilines is 1. The molecule has 3 nitrogen and oxygen atoms in total. The minimum Gasteiger partial charge on any atom is -0.612 e. The van der Waals surface area contributed by atoms with Crippen molar-refractivity contribution in [2.75, 3.05) is 5.32 Å². The van der Waals surface area contributed by atoms with Gasteiger partial charge in [-0.2, -0.15) is 0 Å². The Morgan fingerprint density at radius 3 is 2.68 bits per heavy atom. The van der Waals surface area contributed by atoms with Gasteiger partial charge in [0.15, 0.2) is 0 Å².